The van der Waals surface area contributed by atoms with Gasteiger partial charge in [-0.2, -0.15) is 0 Å². The summed E-state index contributed by atoms with van der Waals surface area (Å²) in [7, 11) is 0. The number of ether oxygens (including phenoxy) is 1. The lowest BCUT2D eigenvalue weighted by Crippen LogP contribution is -2.22. The monoisotopic (exact) mass is 396 g/mol. The van der Waals surface area contributed by atoms with Gasteiger partial charge in [-0.25, -0.2) is 0 Å². The van der Waals surface area contributed by atoms with Crippen LogP contribution in [0.3, 0.4) is 0 Å². The largest absolute Gasteiger partial charge is 0.456 e. The summed E-state index contributed by atoms with van der Waals surface area (Å²) in [5.41, 5.74) is 3.73. The van der Waals surface area contributed by atoms with Crippen LogP contribution in [0.2, 0.25) is 0 Å². The molecule has 0 aliphatic rings. The predicted molar refractivity (Wildman–Crippen MR) is 110 cm³/mol. The summed E-state index contributed by atoms with van der Waals surface area (Å²) in [5.74, 6) is -1.50. The van der Waals surface area contributed by atoms with Crippen molar-refractivity contribution < 1.29 is 23.9 Å². The van der Waals surface area contributed by atoms with Crippen molar-refractivity contribution in [2.75, 3.05) is 17.2 Å². The molecule has 0 spiro atoms. The molecule has 0 atom stereocenters. The van der Waals surface area contributed by atoms with E-state index in [4.69, 9.17) is 4.74 Å². The van der Waals surface area contributed by atoms with Crippen LogP contribution in [0.1, 0.15) is 41.3 Å². The Labute approximate surface area is 169 Å². The van der Waals surface area contributed by atoms with Gasteiger partial charge in [-0.1, -0.05) is 12.1 Å². The molecule has 152 valence electrons. The van der Waals surface area contributed by atoms with E-state index >= 15 is 0 Å². The van der Waals surface area contributed by atoms with Crippen LogP contribution in [0.4, 0.5) is 11.4 Å². The number of hydrogen-bond donors (Lipinski definition) is 2. The number of aryl methyl sites for hydroxylation is 1. The van der Waals surface area contributed by atoms with E-state index in [1.807, 2.05) is 26.0 Å². The molecule has 0 saturated carbocycles. The zero-order valence-electron chi connectivity index (χ0n) is 16.7. The molecular formula is C22H24N2O5. The van der Waals surface area contributed by atoms with Gasteiger partial charge < -0.3 is 15.4 Å². The highest BCUT2D eigenvalue weighted by molar-refractivity contribution is 5.96. The summed E-state index contributed by atoms with van der Waals surface area (Å²) in [6, 6.07) is 12.0. The van der Waals surface area contributed by atoms with Crippen LogP contribution in [0.25, 0.3) is 0 Å². The maximum atomic E-state index is 11.9. The first-order valence-electron chi connectivity index (χ1n) is 9.19. The van der Waals surface area contributed by atoms with Crippen LogP contribution in [-0.2, 0) is 19.1 Å². The SMILES string of the molecule is CC(=O)c1ccc(NC(=O)CCC(=O)OCC(=O)Nc2cccc(C)c2C)cc1. The minimum absolute atomic E-state index is 0.0628. The van der Waals surface area contributed by atoms with Gasteiger partial charge in [-0.3, -0.25) is 19.2 Å². The highest BCUT2D eigenvalue weighted by Gasteiger charge is 2.12. The lowest BCUT2D eigenvalue weighted by molar-refractivity contribution is -0.147. The quantitative estimate of drug-likeness (QED) is 0.526. The van der Waals surface area contributed by atoms with Crippen LogP contribution < -0.4 is 10.6 Å². The number of rotatable bonds is 8. The number of anilines is 2. The molecule has 0 heterocycles. The molecule has 2 rings (SSSR count). The molecule has 0 saturated heterocycles. The summed E-state index contributed by atoms with van der Waals surface area (Å²) in [5, 5.41) is 5.33. The number of carbonyl (C=O) groups excluding carboxylic acids is 4. The Kier molecular flexibility index (Phi) is 7.65. The Hall–Kier alpha value is -3.48. The molecule has 0 fully saturated rings. The van der Waals surface area contributed by atoms with Crippen molar-refractivity contribution in [1.29, 1.82) is 0 Å². The average Bonchev–Trinajstić information content (AvgIpc) is 2.68. The molecule has 2 aromatic rings. The van der Waals surface area contributed by atoms with Gasteiger partial charge in [0, 0.05) is 23.4 Å². The van der Waals surface area contributed by atoms with Crippen LogP contribution in [-0.4, -0.2) is 30.2 Å². The third-order valence-corrected chi connectivity index (χ3v) is 4.37. The Bertz CT molecular complexity index is 919. The zero-order chi connectivity index (χ0) is 21.4. The van der Waals surface area contributed by atoms with E-state index in [0.717, 1.165) is 11.1 Å². The number of nitrogens with one attached hydrogen (secondary N) is 2. The van der Waals surface area contributed by atoms with Gasteiger partial charge in [0.15, 0.2) is 12.4 Å². The van der Waals surface area contributed by atoms with Crippen LogP contribution >= 0.6 is 0 Å². The summed E-state index contributed by atoms with van der Waals surface area (Å²) in [4.78, 5) is 46.9. The molecule has 0 aliphatic carbocycles. The summed E-state index contributed by atoms with van der Waals surface area (Å²) >= 11 is 0. The minimum atomic E-state index is -0.636. The van der Waals surface area contributed by atoms with E-state index in [1.165, 1.54) is 6.92 Å². The predicted octanol–water partition coefficient (Wildman–Crippen LogP) is 3.41. The molecule has 0 bridgehead atoms. The second-order valence-corrected chi connectivity index (χ2v) is 6.64. The summed E-state index contributed by atoms with van der Waals surface area (Å²) in [6.07, 6.45) is -0.222. The van der Waals surface area contributed by atoms with Crippen LogP contribution in [0.5, 0.6) is 0 Å². The molecule has 0 aromatic heterocycles. The smallest absolute Gasteiger partial charge is 0.306 e. The van der Waals surface area contributed by atoms with Gasteiger partial charge >= 0.3 is 5.97 Å². The van der Waals surface area contributed by atoms with Crippen molar-refractivity contribution in [1.82, 2.24) is 0 Å². The topological polar surface area (TPSA) is 102 Å². The number of carbonyl (C=O) groups is 4. The van der Waals surface area contributed by atoms with Gasteiger partial charge in [-0.05, 0) is 62.2 Å². The lowest BCUT2D eigenvalue weighted by atomic mass is 10.1. The Morgan fingerprint density at radius 3 is 2.21 bits per heavy atom. The standard InChI is InChI=1S/C22H24N2O5/c1-14-5-4-6-19(15(14)2)24-21(27)13-29-22(28)12-11-20(26)23-18-9-7-17(8-10-18)16(3)25/h4-10H,11-13H2,1-3H3,(H,23,26)(H,24,27). The van der Waals surface area contributed by atoms with E-state index in [9.17, 15) is 19.2 Å². The fraction of sp³-hybridized carbons (Fsp3) is 0.273. The first-order chi connectivity index (χ1) is 13.8. The van der Waals surface area contributed by atoms with E-state index in [-0.39, 0.29) is 24.5 Å². The number of ketones is 1. The van der Waals surface area contributed by atoms with E-state index in [1.54, 1.807) is 30.3 Å². The fourth-order valence-electron chi connectivity index (χ4n) is 2.52. The van der Waals surface area contributed by atoms with Crippen molar-refractivity contribution >= 4 is 34.9 Å². The maximum absolute atomic E-state index is 11.9. The normalized spacial score (nSPS) is 10.2. The first-order valence-corrected chi connectivity index (χ1v) is 9.19. The second-order valence-electron chi connectivity index (χ2n) is 6.64. The van der Waals surface area contributed by atoms with Crippen LogP contribution in [0.15, 0.2) is 42.5 Å². The van der Waals surface area contributed by atoms with Crippen LogP contribution in [0, 0.1) is 13.8 Å². The molecular weight excluding hydrogens is 372 g/mol. The number of hydrogen-bond acceptors (Lipinski definition) is 5. The van der Waals surface area contributed by atoms with Gasteiger partial charge in [0.25, 0.3) is 5.91 Å². The molecule has 29 heavy (non-hydrogen) atoms. The molecule has 7 heteroatoms. The first kappa shape index (κ1) is 21.8. The second kappa shape index (κ2) is 10.2. The highest BCUT2D eigenvalue weighted by atomic mass is 16.5. The number of benzene rings is 2. The fourth-order valence-corrected chi connectivity index (χ4v) is 2.52. The number of esters is 1. The van der Waals surface area contributed by atoms with Crippen molar-refractivity contribution in [3.63, 3.8) is 0 Å². The van der Waals surface area contributed by atoms with E-state index in [2.05, 4.69) is 10.6 Å². The Balaban J connectivity index is 1.72. The van der Waals surface area contributed by atoms with Crippen molar-refractivity contribution in [3.05, 3.63) is 59.2 Å². The van der Waals surface area contributed by atoms with Crippen molar-refractivity contribution in [2.24, 2.45) is 0 Å². The Morgan fingerprint density at radius 2 is 1.55 bits per heavy atom. The maximum Gasteiger partial charge on any atom is 0.306 e. The summed E-state index contributed by atoms with van der Waals surface area (Å²) in [6.45, 7) is 4.87. The third kappa shape index (κ3) is 6.88. The lowest BCUT2D eigenvalue weighted by Gasteiger charge is -2.10. The molecule has 2 N–H and O–H groups in total. The number of Topliss-reactive ketones (excluding diaryl/α,β-unsaturated/α-hetero) is 1. The van der Waals surface area contributed by atoms with Gasteiger partial charge in [0.05, 0.1) is 6.42 Å². The minimum Gasteiger partial charge on any atom is -0.456 e. The van der Waals surface area contributed by atoms with Gasteiger partial charge in [-0.15, -0.1) is 0 Å². The van der Waals surface area contributed by atoms with Crippen molar-refractivity contribution in [3.8, 4) is 0 Å². The average molecular weight is 396 g/mol. The molecule has 7 nitrogen and oxygen atoms in total. The van der Waals surface area contributed by atoms with Gasteiger partial charge in [0.1, 0.15) is 0 Å². The number of amides is 2. The van der Waals surface area contributed by atoms with Crippen molar-refractivity contribution in [2.45, 2.75) is 33.6 Å². The van der Waals surface area contributed by atoms with E-state index < -0.39 is 18.5 Å². The summed E-state index contributed by atoms with van der Waals surface area (Å²) < 4.78 is 4.92. The molecule has 2 amide bonds. The van der Waals surface area contributed by atoms with Gasteiger partial charge in [0.2, 0.25) is 5.91 Å². The molecule has 0 unspecified atom stereocenters. The third-order valence-electron chi connectivity index (χ3n) is 4.37. The molecule has 2 aromatic carbocycles. The Morgan fingerprint density at radius 1 is 0.862 bits per heavy atom. The molecule has 0 radical (unpaired) electrons. The van der Waals surface area contributed by atoms with E-state index in [0.29, 0.717) is 16.9 Å². The highest BCUT2D eigenvalue weighted by Crippen LogP contribution is 2.17. The molecule has 0 aliphatic heterocycles. The zero-order valence-corrected chi connectivity index (χ0v) is 16.7.